The van der Waals surface area contributed by atoms with Crippen LogP contribution in [0.2, 0.25) is 0 Å². The van der Waals surface area contributed by atoms with E-state index in [9.17, 15) is 22.0 Å². The molecule has 0 bridgehead atoms. The average molecular weight is 541 g/mol. The predicted molar refractivity (Wildman–Crippen MR) is 119 cm³/mol. The molecule has 0 fully saturated rings. The maximum atomic E-state index is 13.8. The Labute approximate surface area is 197 Å². The highest BCUT2D eigenvalue weighted by molar-refractivity contribution is 9.10. The number of sulfone groups is 1. The van der Waals surface area contributed by atoms with Crippen LogP contribution in [0.25, 0.3) is 0 Å². The quantitative estimate of drug-likeness (QED) is 0.439. The van der Waals surface area contributed by atoms with Crippen molar-refractivity contribution in [2.24, 2.45) is 0 Å². The number of halogens is 3. The second kappa shape index (κ2) is 11.1. The van der Waals surface area contributed by atoms with Crippen LogP contribution in [-0.2, 0) is 23.0 Å². The van der Waals surface area contributed by atoms with E-state index in [2.05, 4.69) is 25.9 Å². The minimum Gasteiger partial charge on any atom is -0.487 e. The molecule has 0 radical (unpaired) electrons. The van der Waals surface area contributed by atoms with E-state index in [0.717, 1.165) is 18.4 Å². The molecule has 1 aromatic carbocycles. The van der Waals surface area contributed by atoms with Crippen molar-refractivity contribution in [1.82, 2.24) is 14.5 Å². The van der Waals surface area contributed by atoms with Gasteiger partial charge in [-0.3, -0.25) is 4.79 Å². The molecule has 0 unspecified atom stereocenters. The SMILES string of the molecule is CC#N.Cc1cc(OCc2ccc(F)cc2F)c(Br)c(=O)n1Cc1ccnc(S(C)(=O)=O)n1. The van der Waals surface area contributed by atoms with Crippen LogP contribution >= 0.6 is 15.9 Å². The molecule has 8 nitrogen and oxygen atoms in total. The molecule has 0 N–H and O–H groups in total. The van der Waals surface area contributed by atoms with Gasteiger partial charge in [0.15, 0.2) is 0 Å². The molecular weight excluding hydrogens is 522 g/mol. The topological polar surface area (TPSA) is 115 Å². The van der Waals surface area contributed by atoms with Crippen LogP contribution < -0.4 is 10.3 Å². The van der Waals surface area contributed by atoms with Crippen molar-refractivity contribution < 1.29 is 21.9 Å². The first-order valence-corrected chi connectivity index (χ1v) is 12.0. The molecule has 0 spiro atoms. The van der Waals surface area contributed by atoms with E-state index in [1.54, 1.807) is 19.1 Å². The summed E-state index contributed by atoms with van der Waals surface area (Å²) in [5, 5.41) is 6.99. The molecule has 174 valence electrons. The van der Waals surface area contributed by atoms with Crippen molar-refractivity contribution in [3.8, 4) is 11.8 Å². The number of hydrogen-bond donors (Lipinski definition) is 0. The Morgan fingerprint density at radius 3 is 2.52 bits per heavy atom. The molecular formula is C21H19BrF2N4O4S. The number of pyridine rings is 1. The lowest BCUT2D eigenvalue weighted by atomic mass is 10.2. The van der Waals surface area contributed by atoms with Crippen LogP contribution in [-0.4, -0.2) is 29.2 Å². The zero-order valence-electron chi connectivity index (χ0n) is 17.8. The molecule has 2 aromatic heterocycles. The maximum Gasteiger partial charge on any atom is 0.269 e. The number of nitriles is 1. The van der Waals surface area contributed by atoms with E-state index < -0.39 is 27.0 Å². The Bertz CT molecular complexity index is 1370. The first-order chi connectivity index (χ1) is 15.5. The lowest BCUT2D eigenvalue weighted by Gasteiger charge is -2.14. The fraction of sp³-hybridized carbons (Fsp3) is 0.238. The van der Waals surface area contributed by atoms with Gasteiger partial charge in [0.1, 0.15) is 28.5 Å². The minimum absolute atomic E-state index is 0.0151. The monoisotopic (exact) mass is 540 g/mol. The van der Waals surface area contributed by atoms with E-state index in [1.807, 2.05) is 0 Å². The highest BCUT2D eigenvalue weighted by atomic mass is 79.9. The number of aryl methyl sites for hydroxylation is 1. The van der Waals surface area contributed by atoms with E-state index in [1.165, 1.54) is 29.8 Å². The Morgan fingerprint density at radius 1 is 1.24 bits per heavy atom. The molecule has 0 aliphatic carbocycles. The minimum atomic E-state index is -3.59. The van der Waals surface area contributed by atoms with Gasteiger partial charge in [-0.15, -0.1) is 0 Å². The van der Waals surface area contributed by atoms with Gasteiger partial charge in [0.25, 0.3) is 5.56 Å². The van der Waals surface area contributed by atoms with Crippen molar-refractivity contribution in [3.63, 3.8) is 0 Å². The number of aromatic nitrogens is 3. The Balaban J connectivity index is 0.00000122. The zero-order chi connectivity index (χ0) is 24.8. The highest BCUT2D eigenvalue weighted by Gasteiger charge is 2.16. The second-order valence-electron chi connectivity index (χ2n) is 6.71. The average Bonchev–Trinajstić information content (AvgIpc) is 2.74. The summed E-state index contributed by atoms with van der Waals surface area (Å²) in [6.07, 6.45) is 2.30. The standard InChI is InChI=1S/C19H16BrF2N3O4S.C2H3N/c1-11-7-16(29-10-12-3-4-13(21)8-15(12)22)17(20)18(26)25(11)9-14-5-6-23-19(24-14)30(2,27)28;1-2-3/h3-8H,9-10H2,1-2H3;1H3. The van der Waals surface area contributed by atoms with Gasteiger partial charge >= 0.3 is 0 Å². The molecule has 3 aromatic rings. The summed E-state index contributed by atoms with van der Waals surface area (Å²) >= 11 is 3.19. The summed E-state index contributed by atoms with van der Waals surface area (Å²) in [6.45, 7) is 2.91. The van der Waals surface area contributed by atoms with Crippen LogP contribution in [0.1, 0.15) is 23.9 Å². The highest BCUT2D eigenvalue weighted by Crippen LogP contribution is 2.24. The number of rotatable bonds is 6. The van der Waals surface area contributed by atoms with Crippen LogP contribution in [0.3, 0.4) is 0 Å². The van der Waals surface area contributed by atoms with Gasteiger partial charge in [-0.2, -0.15) is 5.26 Å². The molecule has 2 heterocycles. The molecule has 0 aliphatic heterocycles. The first kappa shape index (κ1) is 26.1. The third-order valence-electron chi connectivity index (χ3n) is 4.16. The van der Waals surface area contributed by atoms with Crippen LogP contribution in [0.5, 0.6) is 5.75 Å². The van der Waals surface area contributed by atoms with Crippen LogP contribution in [0, 0.1) is 29.9 Å². The summed E-state index contributed by atoms with van der Waals surface area (Å²) < 4.78 is 57.1. The van der Waals surface area contributed by atoms with Crippen molar-refractivity contribution >= 4 is 25.8 Å². The number of ether oxygens (including phenoxy) is 1. The van der Waals surface area contributed by atoms with Crippen molar-refractivity contribution in [2.45, 2.75) is 32.2 Å². The van der Waals surface area contributed by atoms with Gasteiger partial charge in [-0.05, 0) is 41.1 Å². The molecule has 0 atom stereocenters. The lowest BCUT2D eigenvalue weighted by molar-refractivity contribution is 0.295. The van der Waals surface area contributed by atoms with Gasteiger partial charge in [0, 0.05) is 42.8 Å². The maximum absolute atomic E-state index is 13.8. The molecule has 12 heteroatoms. The normalized spacial score (nSPS) is 10.7. The first-order valence-electron chi connectivity index (χ1n) is 9.27. The van der Waals surface area contributed by atoms with Crippen LogP contribution in [0.15, 0.2) is 51.0 Å². The van der Waals surface area contributed by atoms with Crippen molar-refractivity contribution in [3.05, 3.63) is 79.9 Å². The summed E-state index contributed by atoms with van der Waals surface area (Å²) in [7, 11) is -3.59. The van der Waals surface area contributed by atoms with Gasteiger partial charge < -0.3 is 9.30 Å². The van der Waals surface area contributed by atoms with E-state index in [-0.39, 0.29) is 34.1 Å². The molecule has 33 heavy (non-hydrogen) atoms. The van der Waals surface area contributed by atoms with Crippen molar-refractivity contribution in [1.29, 1.82) is 5.26 Å². The van der Waals surface area contributed by atoms with Gasteiger partial charge in [-0.25, -0.2) is 27.2 Å². The van der Waals surface area contributed by atoms with E-state index >= 15 is 0 Å². The summed E-state index contributed by atoms with van der Waals surface area (Å²) in [5.41, 5.74) is 0.547. The summed E-state index contributed by atoms with van der Waals surface area (Å²) in [4.78, 5) is 20.5. The van der Waals surface area contributed by atoms with Gasteiger partial charge in [-0.1, -0.05) is 0 Å². The molecule has 0 saturated heterocycles. The molecule has 0 saturated carbocycles. The number of nitrogens with zero attached hydrogens (tertiary/aromatic N) is 4. The fourth-order valence-electron chi connectivity index (χ4n) is 2.62. The molecule has 3 rings (SSSR count). The summed E-state index contributed by atoms with van der Waals surface area (Å²) in [5.74, 6) is -1.25. The predicted octanol–water partition coefficient (Wildman–Crippen LogP) is 3.55. The van der Waals surface area contributed by atoms with Crippen molar-refractivity contribution in [2.75, 3.05) is 6.26 Å². The Morgan fingerprint density at radius 2 is 1.91 bits per heavy atom. The van der Waals surface area contributed by atoms with Crippen LogP contribution in [0.4, 0.5) is 8.78 Å². The Hall–Kier alpha value is -3.17. The fourth-order valence-corrected chi connectivity index (χ4v) is 3.59. The number of benzene rings is 1. The molecule has 0 amide bonds. The third-order valence-corrected chi connectivity index (χ3v) is 5.75. The van der Waals surface area contributed by atoms with E-state index in [0.29, 0.717) is 11.4 Å². The lowest BCUT2D eigenvalue weighted by Crippen LogP contribution is -2.25. The summed E-state index contributed by atoms with van der Waals surface area (Å²) in [6, 6.07) is 7.97. The zero-order valence-corrected chi connectivity index (χ0v) is 20.2. The smallest absolute Gasteiger partial charge is 0.269 e. The Kier molecular flexibility index (Phi) is 8.78. The second-order valence-corrected chi connectivity index (χ2v) is 9.41. The van der Waals surface area contributed by atoms with E-state index in [4.69, 9.17) is 10.00 Å². The van der Waals surface area contributed by atoms with Gasteiger partial charge in [0.2, 0.25) is 15.0 Å². The largest absolute Gasteiger partial charge is 0.487 e. The van der Waals surface area contributed by atoms with Gasteiger partial charge in [0.05, 0.1) is 18.3 Å². The third kappa shape index (κ3) is 6.90. The number of hydrogen-bond acceptors (Lipinski definition) is 7. The molecule has 0 aliphatic rings.